The minimum atomic E-state index is -0.316. The predicted octanol–water partition coefficient (Wildman–Crippen LogP) is 4.36. The first-order valence-corrected chi connectivity index (χ1v) is 12.5. The van der Waals surface area contributed by atoms with Crippen LogP contribution in [0.3, 0.4) is 0 Å². The molecule has 0 spiro atoms. The third kappa shape index (κ3) is 5.78. The van der Waals surface area contributed by atoms with Gasteiger partial charge in [-0.05, 0) is 68.7 Å². The Morgan fingerprint density at radius 2 is 1.59 bits per heavy atom. The van der Waals surface area contributed by atoms with E-state index in [0.717, 1.165) is 16.8 Å². The van der Waals surface area contributed by atoms with Gasteiger partial charge in [0, 0.05) is 57.9 Å². The minimum absolute atomic E-state index is 0.183. The number of nitrogens with zero attached hydrogens (tertiary/aromatic N) is 2. The smallest absolute Gasteiger partial charge is 0.257 e. The normalized spacial score (nSPS) is 11.1. The average Bonchev–Trinajstić information content (AvgIpc) is 2.94. The number of pyridine rings is 2. The van der Waals surface area contributed by atoms with Gasteiger partial charge in [0.05, 0.1) is 5.69 Å². The molecule has 0 unspecified atom stereocenters. The van der Waals surface area contributed by atoms with Crippen molar-refractivity contribution in [3.05, 3.63) is 107 Å². The fourth-order valence-corrected chi connectivity index (χ4v) is 4.28. The van der Waals surface area contributed by atoms with Crippen molar-refractivity contribution >= 4 is 50.7 Å². The van der Waals surface area contributed by atoms with E-state index in [9.17, 15) is 14.4 Å². The van der Waals surface area contributed by atoms with E-state index in [0.29, 0.717) is 46.3 Å². The number of hydrogen-bond donors (Lipinski definition) is 4. The second-order valence-electron chi connectivity index (χ2n) is 9.38. The first kappa shape index (κ1) is 25.6. The van der Waals surface area contributed by atoms with Crippen molar-refractivity contribution in [2.75, 3.05) is 37.8 Å². The van der Waals surface area contributed by atoms with Crippen molar-refractivity contribution in [1.82, 2.24) is 20.2 Å². The van der Waals surface area contributed by atoms with Crippen molar-refractivity contribution in [1.29, 1.82) is 0 Å². The molecule has 0 saturated carbocycles. The zero-order valence-electron chi connectivity index (χ0n) is 21.6. The van der Waals surface area contributed by atoms with Crippen LogP contribution in [0.5, 0.6) is 0 Å². The maximum Gasteiger partial charge on any atom is 0.257 e. The number of carbonyl (C=O) groups excluding carboxylic acids is 2. The number of hydrogen-bond acceptors (Lipinski definition) is 6. The Kier molecular flexibility index (Phi) is 7.33. The molecular weight excluding hydrogens is 492 g/mol. The number of likely N-dealkylation sites (N-methyl/N-ethyl adjacent to an activating group) is 1. The van der Waals surface area contributed by atoms with Crippen molar-refractivity contribution in [3.63, 3.8) is 0 Å². The number of H-pyrrole nitrogens is 1. The second-order valence-corrected chi connectivity index (χ2v) is 9.38. The summed E-state index contributed by atoms with van der Waals surface area (Å²) in [5.74, 6) is -0.417. The van der Waals surface area contributed by atoms with Gasteiger partial charge in [0.2, 0.25) is 0 Å². The lowest BCUT2D eigenvalue weighted by molar-refractivity contribution is 0.0950. The van der Waals surface area contributed by atoms with Crippen LogP contribution in [-0.4, -0.2) is 53.9 Å². The van der Waals surface area contributed by atoms with E-state index in [1.54, 1.807) is 36.5 Å². The highest BCUT2D eigenvalue weighted by atomic mass is 16.2. The molecule has 2 amide bonds. The van der Waals surface area contributed by atoms with E-state index in [4.69, 9.17) is 0 Å². The highest BCUT2D eigenvalue weighted by Gasteiger charge is 2.14. The highest BCUT2D eigenvalue weighted by Crippen LogP contribution is 2.30. The summed E-state index contributed by atoms with van der Waals surface area (Å²) in [5, 5.41) is 11.0. The molecule has 0 aliphatic carbocycles. The molecule has 2 heterocycles. The van der Waals surface area contributed by atoms with Gasteiger partial charge in [-0.25, -0.2) is 4.98 Å². The summed E-state index contributed by atoms with van der Waals surface area (Å²) in [6.45, 7) is 1.22. The number of benzene rings is 3. The van der Waals surface area contributed by atoms with E-state index < -0.39 is 0 Å². The van der Waals surface area contributed by atoms with Gasteiger partial charge in [0.1, 0.15) is 5.65 Å². The number of aromatic amines is 1. The fraction of sp³-hybridized carbons (Fsp3) is 0.133. The van der Waals surface area contributed by atoms with Crippen LogP contribution in [0, 0.1) is 0 Å². The molecule has 196 valence electrons. The van der Waals surface area contributed by atoms with E-state index in [-0.39, 0.29) is 17.4 Å². The molecular formula is C30H28N6O3. The maximum atomic E-state index is 12.9. The van der Waals surface area contributed by atoms with E-state index >= 15 is 0 Å². The molecule has 39 heavy (non-hydrogen) atoms. The predicted molar refractivity (Wildman–Crippen MR) is 155 cm³/mol. The number of aromatic nitrogens is 2. The van der Waals surface area contributed by atoms with Gasteiger partial charge in [0.15, 0.2) is 0 Å². The topological polar surface area (TPSA) is 119 Å². The standard InChI is InChI=1S/C30H28N6O3/c1-36(2)17-16-32-28(37)20-8-13-23-24(18-20)30(39)35-27-26(23)25(14-15-31-27)33-21-9-11-22(12-10-21)34-29(38)19-6-4-3-5-7-19/h3-15,18H,16-17H2,1-2H3,(H,32,37)(H,34,38)(H2,31,33,35,39). The Bertz CT molecular complexity index is 1710. The van der Waals surface area contributed by atoms with Gasteiger partial charge in [-0.3, -0.25) is 14.4 Å². The highest BCUT2D eigenvalue weighted by molar-refractivity contribution is 6.12. The molecule has 4 N–H and O–H groups in total. The third-order valence-corrected chi connectivity index (χ3v) is 6.28. The van der Waals surface area contributed by atoms with E-state index in [1.807, 2.05) is 67.5 Å². The van der Waals surface area contributed by atoms with E-state index in [1.165, 1.54) is 0 Å². The summed E-state index contributed by atoms with van der Waals surface area (Å²) < 4.78 is 0. The molecule has 9 heteroatoms. The molecule has 0 radical (unpaired) electrons. The zero-order valence-corrected chi connectivity index (χ0v) is 21.6. The van der Waals surface area contributed by atoms with Gasteiger partial charge >= 0.3 is 0 Å². The molecule has 2 aromatic heterocycles. The lowest BCUT2D eigenvalue weighted by Gasteiger charge is -2.13. The average molecular weight is 521 g/mol. The van der Waals surface area contributed by atoms with Gasteiger partial charge in [-0.15, -0.1) is 0 Å². The van der Waals surface area contributed by atoms with Crippen LogP contribution >= 0.6 is 0 Å². The first-order chi connectivity index (χ1) is 18.9. The molecule has 0 atom stereocenters. The number of anilines is 3. The third-order valence-electron chi connectivity index (χ3n) is 6.28. The quantitative estimate of drug-likeness (QED) is 0.226. The largest absolute Gasteiger partial charge is 0.355 e. The molecule has 0 aliphatic heterocycles. The van der Waals surface area contributed by atoms with Crippen molar-refractivity contribution < 1.29 is 9.59 Å². The molecule has 0 fully saturated rings. The number of nitrogens with one attached hydrogen (secondary N) is 4. The van der Waals surface area contributed by atoms with Gasteiger partial charge in [-0.2, -0.15) is 0 Å². The van der Waals surface area contributed by atoms with Crippen molar-refractivity contribution in [3.8, 4) is 0 Å². The summed E-state index contributed by atoms with van der Waals surface area (Å²) in [7, 11) is 3.87. The summed E-state index contributed by atoms with van der Waals surface area (Å²) in [6.07, 6.45) is 1.62. The Labute approximate surface area is 224 Å². The Morgan fingerprint density at radius 3 is 2.33 bits per heavy atom. The Morgan fingerprint density at radius 1 is 0.846 bits per heavy atom. The summed E-state index contributed by atoms with van der Waals surface area (Å²) in [5.41, 5.74) is 3.31. The zero-order chi connectivity index (χ0) is 27.4. The Balaban J connectivity index is 1.41. The summed E-state index contributed by atoms with van der Waals surface area (Å²) in [4.78, 5) is 47.1. The van der Waals surface area contributed by atoms with Crippen molar-refractivity contribution in [2.45, 2.75) is 0 Å². The number of rotatable bonds is 8. The van der Waals surface area contributed by atoms with E-state index in [2.05, 4.69) is 25.9 Å². The molecule has 0 bridgehead atoms. The fourth-order valence-electron chi connectivity index (χ4n) is 4.28. The molecule has 5 aromatic rings. The molecule has 5 rings (SSSR count). The van der Waals surface area contributed by atoms with Crippen LogP contribution in [0.25, 0.3) is 21.8 Å². The van der Waals surface area contributed by atoms with Crippen LogP contribution in [0.15, 0.2) is 89.9 Å². The molecule has 9 nitrogen and oxygen atoms in total. The first-order valence-electron chi connectivity index (χ1n) is 12.5. The molecule has 3 aromatic carbocycles. The lowest BCUT2D eigenvalue weighted by atomic mass is 10.0. The van der Waals surface area contributed by atoms with Crippen LogP contribution in [0.1, 0.15) is 20.7 Å². The summed E-state index contributed by atoms with van der Waals surface area (Å²) in [6, 6.07) is 23.3. The van der Waals surface area contributed by atoms with Gasteiger partial charge in [-0.1, -0.05) is 24.3 Å². The van der Waals surface area contributed by atoms with Crippen LogP contribution in [-0.2, 0) is 0 Å². The molecule has 0 aliphatic rings. The van der Waals surface area contributed by atoms with Crippen LogP contribution in [0.2, 0.25) is 0 Å². The molecule has 0 saturated heterocycles. The minimum Gasteiger partial charge on any atom is -0.355 e. The number of carbonyl (C=O) groups is 2. The van der Waals surface area contributed by atoms with Gasteiger partial charge < -0.3 is 25.8 Å². The number of amides is 2. The SMILES string of the molecule is CN(C)CCNC(=O)c1ccc2c(c1)c(=O)[nH]c1nccc(Nc3ccc(NC(=O)c4ccccc4)cc3)c12. The van der Waals surface area contributed by atoms with Crippen LogP contribution in [0.4, 0.5) is 17.1 Å². The monoisotopic (exact) mass is 520 g/mol. The van der Waals surface area contributed by atoms with Gasteiger partial charge in [0.25, 0.3) is 17.4 Å². The maximum absolute atomic E-state index is 12.9. The lowest BCUT2D eigenvalue weighted by Crippen LogP contribution is -2.31. The summed E-state index contributed by atoms with van der Waals surface area (Å²) >= 11 is 0. The number of fused-ring (bicyclic) bond motifs is 3. The second kappa shape index (κ2) is 11.2. The Hall–Kier alpha value is -5.02. The van der Waals surface area contributed by atoms with Crippen LogP contribution < -0.4 is 21.5 Å². The van der Waals surface area contributed by atoms with Crippen molar-refractivity contribution in [2.24, 2.45) is 0 Å².